The highest BCUT2D eigenvalue weighted by Gasteiger charge is 2.27. The number of anilines is 1. The maximum atomic E-state index is 6.03. The minimum atomic E-state index is 0.152. The van der Waals surface area contributed by atoms with Crippen molar-refractivity contribution < 1.29 is 4.74 Å². The monoisotopic (exact) mass is 284 g/mol. The Hall–Kier alpha value is -2.14. The number of nitrogens with two attached hydrogens (primary N) is 1. The molecule has 0 spiro atoms. The van der Waals surface area contributed by atoms with Crippen molar-refractivity contribution in [3.8, 4) is 5.88 Å². The number of fused-ring (bicyclic) bond motifs is 1. The van der Waals surface area contributed by atoms with E-state index in [4.69, 9.17) is 10.5 Å². The third kappa shape index (κ3) is 2.69. The summed E-state index contributed by atoms with van der Waals surface area (Å²) in [5.74, 6) is 1.48. The van der Waals surface area contributed by atoms with Crippen molar-refractivity contribution in [2.24, 2.45) is 5.73 Å². The van der Waals surface area contributed by atoms with Gasteiger partial charge >= 0.3 is 0 Å². The maximum Gasteiger partial charge on any atom is 0.218 e. The lowest BCUT2D eigenvalue weighted by Gasteiger charge is -2.37. The van der Waals surface area contributed by atoms with Crippen LogP contribution in [-0.2, 0) is 6.42 Å². The summed E-state index contributed by atoms with van der Waals surface area (Å²) in [5.41, 5.74) is 8.70. The molecule has 0 saturated heterocycles. The lowest BCUT2D eigenvalue weighted by molar-refractivity contribution is 0.326. The molecule has 0 fully saturated rings. The second-order valence-electron chi connectivity index (χ2n) is 5.04. The van der Waals surface area contributed by atoms with E-state index >= 15 is 0 Å². The standard InChI is InChI=1S/C16H20N4O/c1-2-21-16-9-15(18-11-19-16)20-8-7-12-5-3-4-6-13(12)14(20)10-17/h3-6,9,11,14H,2,7-8,10,17H2,1H3. The summed E-state index contributed by atoms with van der Waals surface area (Å²) in [6.07, 6.45) is 2.55. The van der Waals surface area contributed by atoms with Gasteiger partial charge in [-0.2, -0.15) is 0 Å². The molecule has 1 aromatic carbocycles. The first-order valence-electron chi connectivity index (χ1n) is 7.32. The first-order valence-corrected chi connectivity index (χ1v) is 7.32. The smallest absolute Gasteiger partial charge is 0.218 e. The van der Waals surface area contributed by atoms with Gasteiger partial charge in [-0.25, -0.2) is 9.97 Å². The van der Waals surface area contributed by atoms with Crippen LogP contribution in [0.1, 0.15) is 24.1 Å². The maximum absolute atomic E-state index is 6.03. The molecule has 0 bridgehead atoms. The zero-order valence-corrected chi connectivity index (χ0v) is 12.2. The van der Waals surface area contributed by atoms with Crippen LogP contribution in [-0.4, -0.2) is 29.7 Å². The van der Waals surface area contributed by atoms with Crippen molar-refractivity contribution in [3.05, 3.63) is 47.8 Å². The molecule has 1 atom stereocenters. The van der Waals surface area contributed by atoms with Gasteiger partial charge in [0.05, 0.1) is 12.6 Å². The predicted octanol–water partition coefficient (Wildman–Crippen LogP) is 1.94. The van der Waals surface area contributed by atoms with Crippen molar-refractivity contribution in [3.63, 3.8) is 0 Å². The van der Waals surface area contributed by atoms with Gasteiger partial charge in [-0.3, -0.25) is 0 Å². The van der Waals surface area contributed by atoms with Crippen LogP contribution in [0.3, 0.4) is 0 Å². The summed E-state index contributed by atoms with van der Waals surface area (Å²) < 4.78 is 5.47. The number of hydrogen-bond acceptors (Lipinski definition) is 5. The molecule has 2 N–H and O–H groups in total. The van der Waals surface area contributed by atoms with E-state index in [2.05, 4.69) is 39.1 Å². The van der Waals surface area contributed by atoms with E-state index in [0.717, 1.165) is 18.8 Å². The Morgan fingerprint density at radius 2 is 2.19 bits per heavy atom. The highest BCUT2D eigenvalue weighted by atomic mass is 16.5. The molecule has 3 rings (SSSR count). The molecule has 0 radical (unpaired) electrons. The summed E-state index contributed by atoms with van der Waals surface area (Å²) in [7, 11) is 0. The average Bonchev–Trinajstić information content (AvgIpc) is 2.54. The molecular formula is C16H20N4O. The van der Waals surface area contributed by atoms with Crippen LogP contribution >= 0.6 is 0 Å². The van der Waals surface area contributed by atoms with Gasteiger partial charge in [0, 0.05) is 19.2 Å². The zero-order chi connectivity index (χ0) is 14.7. The third-order valence-electron chi connectivity index (χ3n) is 3.85. The van der Waals surface area contributed by atoms with Crippen molar-refractivity contribution in [1.82, 2.24) is 9.97 Å². The Labute approximate surface area is 124 Å². The van der Waals surface area contributed by atoms with Gasteiger partial charge in [0.1, 0.15) is 12.1 Å². The quantitative estimate of drug-likeness (QED) is 0.929. The summed E-state index contributed by atoms with van der Waals surface area (Å²) in [6, 6.07) is 10.5. The molecule has 1 unspecified atom stereocenters. The third-order valence-corrected chi connectivity index (χ3v) is 3.85. The second-order valence-corrected chi connectivity index (χ2v) is 5.04. The first-order chi connectivity index (χ1) is 10.3. The SMILES string of the molecule is CCOc1cc(N2CCc3ccccc3C2CN)ncn1. The lowest BCUT2D eigenvalue weighted by atomic mass is 9.92. The predicted molar refractivity (Wildman–Crippen MR) is 82.5 cm³/mol. The Morgan fingerprint density at radius 1 is 1.33 bits per heavy atom. The fourth-order valence-corrected chi connectivity index (χ4v) is 2.89. The van der Waals surface area contributed by atoms with Crippen LogP contribution < -0.4 is 15.4 Å². The summed E-state index contributed by atoms with van der Waals surface area (Å²) in [6.45, 7) is 4.01. The minimum absolute atomic E-state index is 0.152. The van der Waals surface area contributed by atoms with Gasteiger partial charge in [-0.05, 0) is 24.5 Å². The van der Waals surface area contributed by atoms with Gasteiger partial charge in [-0.1, -0.05) is 24.3 Å². The van der Waals surface area contributed by atoms with E-state index < -0.39 is 0 Å². The molecule has 110 valence electrons. The fraction of sp³-hybridized carbons (Fsp3) is 0.375. The zero-order valence-electron chi connectivity index (χ0n) is 12.2. The van der Waals surface area contributed by atoms with E-state index in [1.807, 2.05) is 13.0 Å². The van der Waals surface area contributed by atoms with E-state index in [9.17, 15) is 0 Å². The van der Waals surface area contributed by atoms with Crippen LogP contribution in [0, 0.1) is 0 Å². The van der Waals surface area contributed by atoms with Crippen LogP contribution in [0.2, 0.25) is 0 Å². The van der Waals surface area contributed by atoms with Gasteiger partial charge in [0.25, 0.3) is 0 Å². The number of ether oxygens (including phenoxy) is 1. The molecule has 2 heterocycles. The minimum Gasteiger partial charge on any atom is -0.478 e. The molecule has 0 saturated carbocycles. The van der Waals surface area contributed by atoms with Gasteiger partial charge < -0.3 is 15.4 Å². The molecule has 2 aromatic rings. The molecular weight excluding hydrogens is 264 g/mol. The van der Waals surface area contributed by atoms with Gasteiger partial charge in [0.15, 0.2) is 0 Å². The Kier molecular flexibility index (Phi) is 4.01. The van der Waals surface area contributed by atoms with Crippen molar-refractivity contribution in [1.29, 1.82) is 0 Å². The first kappa shape index (κ1) is 13.8. The Morgan fingerprint density at radius 3 is 3.00 bits per heavy atom. The summed E-state index contributed by atoms with van der Waals surface area (Å²) in [5, 5.41) is 0. The van der Waals surface area contributed by atoms with Crippen LogP contribution in [0.5, 0.6) is 5.88 Å². The molecule has 1 aromatic heterocycles. The number of nitrogens with zero attached hydrogens (tertiary/aromatic N) is 3. The molecule has 0 amide bonds. The summed E-state index contributed by atoms with van der Waals surface area (Å²) in [4.78, 5) is 10.8. The number of benzene rings is 1. The number of rotatable bonds is 4. The van der Waals surface area contributed by atoms with Crippen molar-refractivity contribution >= 4 is 5.82 Å². The fourth-order valence-electron chi connectivity index (χ4n) is 2.89. The highest BCUT2D eigenvalue weighted by Crippen LogP contribution is 2.32. The highest BCUT2D eigenvalue weighted by molar-refractivity contribution is 5.48. The van der Waals surface area contributed by atoms with E-state index in [-0.39, 0.29) is 6.04 Å². The van der Waals surface area contributed by atoms with Crippen molar-refractivity contribution in [2.75, 3.05) is 24.6 Å². The van der Waals surface area contributed by atoms with Crippen LogP contribution in [0.25, 0.3) is 0 Å². The molecule has 5 heteroatoms. The van der Waals surface area contributed by atoms with E-state index in [0.29, 0.717) is 19.0 Å². The van der Waals surface area contributed by atoms with Crippen molar-refractivity contribution in [2.45, 2.75) is 19.4 Å². The molecule has 21 heavy (non-hydrogen) atoms. The normalized spacial score (nSPS) is 17.4. The second kappa shape index (κ2) is 6.10. The van der Waals surface area contributed by atoms with Crippen LogP contribution in [0.15, 0.2) is 36.7 Å². The Bertz CT molecular complexity index is 617. The summed E-state index contributed by atoms with van der Waals surface area (Å²) >= 11 is 0. The number of aromatic nitrogens is 2. The number of hydrogen-bond donors (Lipinski definition) is 1. The largest absolute Gasteiger partial charge is 0.478 e. The van der Waals surface area contributed by atoms with E-state index in [1.165, 1.54) is 11.1 Å². The van der Waals surface area contributed by atoms with Gasteiger partial charge in [-0.15, -0.1) is 0 Å². The topological polar surface area (TPSA) is 64.3 Å². The average molecular weight is 284 g/mol. The van der Waals surface area contributed by atoms with Gasteiger partial charge in [0.2, 0.25) is 5.88 Å². The molecule has 5 nitrogen and oxygen atoms in total. The Balaban J connectivity index is 1.94. The molecule has 0 aliphatic carbocycles. The van der Waals surface area contributed by atoms with Crippen LogP contribution in [0.4, 0.5) is 5.82 Å². The molecule has 1 aliphatic rings. The lowest BCUT2D eigenvalue weighted by Crippen LogP contribution is -2.39. The van der Waals surface area contributed by atoms with E-state index in [1.54, 1.807) is 6.33 Å². The molecule has 1 aliphatic heterocycles.